The van der Waals surface area contributed by atoms with Crippen molar-refractivity contribution >= 4 is 17.2 Å². The highest BCUT2D eigenvalue weighted by Crippen LogP contribution is 2.34. The summed E-state index contributed by atoms with van der Waals surface area (Å²) >= 11 is 1.57. The van der Waals surface area contributed by atoms with Crippen LogP contribution in [0, 0.1) is 0 Å². The van der Waals surface area contributed by atoms with Gasteiger partial charge in [0.25, 0.3) is 11.8 Å². The Balaban J connectivity index is 1.33. The minimum Gasteiger partial charge on any atom is -0.454 e. The first-order valence-electron chi connectivity index (χ1n) is 8.84. The van der Waals surface area contributed by atoms with Gasteiger partial charge >= 0.3 is 0 Å². The second-order valence-corrected chi connectivity index (χ2v) is 7.53. The minimum atomic E-state index is -0.0176. The van der Waals surface area contributed by atoms with Gasteiger partial charge in [-0.3, -0.25) is 4.79 Å². The molecule has 1 atom stereocenters. The summed E-state index contributed by atoms with van der Waals surface area (Å²) in [5.74, 6) is 2.47. The molecule has 0 N–H and O–H groups in total. The molecule has 1 amide bonds. The lowest BCUT2D eigenvalue weighted by Crippen LogP contribution is -2.39. The van der Waals surface area contributed by atoms with Crippen LogP contribution in [-0.2, 0) is 0 Å². The van der Waals surface area contributed by atoms with E-state index in [1.807, 2.05) is 22.4 Å². The van der Waals surface area contributed by atoms with Gasteiger partial charge in [0.1, 0.15) is 0 Å². The third-order valence-corrected chi connectivity index (χ3v) is 5.71. The van der Waals surface area contributed by atoms with E-state index in [9.17, 15) is 4.79 Å². The Kier molecular flexibility index (Phi) is 4.05. The Hall–Kier alpha value is -2.87. The molecule has 7 nitrogen and oxygen atoms in total. The number of thiophene rings is 1. The van der Waals surface area contributed by atoms with Crippen LogP contribution in [0.25, 0.3) is 10.8 Å². The number of aromatic nitrogens is 2. The highest BCUT2D eigenvalue weighted by molar-refractivity contribution is 7.13. The monoisotopic (exact) mass is 383 g/mol. The molecule has 27 heavy (non-hydrogen) atoms. The SMILES string of the molecule is O=C(c1ccc2c(c1)OCO2)N1CCCC(c2nnc(-c3cccs3)o2)C1. The molecular weight excluding hydrogens is 366 g/mol. The van der Waals surface area contributed by atoms with Gasteiger partial charge in [-0.15, -0.1) is 21.5 Å². The van der Waals surface area contributed by atoms with Crippen molar-refractivity contribution in [2.75, 3.05) is 19.9 Å². The molecule has 2 aromatic heterocycles. The van der Waals surface area contributed by atoms with Crippen LogP contribution in [0.1, 0.15) is 35.0 Å². The van der Waals surface area contributed by atoms with E-state index in [0.29, 0.717) is 35.4 Å². The molecule has 1 aromatic carbocycles. The zero-order chi connectivity index (χ0) is 18.2. The molecule has 1 fully saturated rings. The molecule has 138 valence electrons. The minimum absolute atomic E-state index is 0.0176. The number of carbonyl (C=O) groups is 1. The number of piperidine rings is 1. The molecule has 2 aliphatic rings. The maximum absolute atomic E-state index is 12.9. The maximum atomic E-state index is 12.9. The van der Waals surface area contributed by atoms with Gasteiger partial charge in [-0.25, -0.2) is 0 Å². The van der Waals surface area contributed by atoms with Crippen molar-refractivity contribution in [1.82, 2.24) is 15.1 Å². The van der Waals surface area contributed by atoms with Crippen molar-refractivity contribution in [3.8, 4) is 22.3 Å². The number of rotatable bonds is 3. The molecule has 0 spiro atoms. The topological polar surface area (TPSA) is 77.7 Å². The lowest BCUT2D eigenvalue weighted by molar-refractivity contribution is 0.0698. The molecule has 0 saturated carbocycles. The van der Waals surface area contributed by atoms with Gasteiger partial charge in [0.2, 0.25) is 12.7 Å². The van der Waals surface area contributed by atoms with Crippen LogP contribution in [0.3, 0.4) is 0 Å². The number of carbonyl (C=O) groups excluding carboxylic acids is 1. The van der Waals surface area contributed by atoms with Crippen molar-refractivity contribution in [2.45, 2.75) is 18.8 Å². The van der Waals surface area contributed by atoms with Crippen molar-refractivity contribution in [3.63, 3.8) is 0 Å². The van der Waals surface area contributed by atoms with Crippen LogP contribution in [0.15, 0.2) is 40.1 Å². The summed E-state index contributed by atoms with van der Waals surface area (Å²) in [6.07, 6.45) is 1.83. The standard InChI is InChI=1S/C19H17N3O4S/c23-19(12-5-6-14-15(9-12)25-11-24-14)22-7-1-3-13(10-22)17-20-21-18(26-17)16-4-2-8-27-16/h2,4-6,8-9,13H,1,3,7,10-11H2. The quantitative estimate of drug-likeness (QED) is 0.688. The van der Waals surface area contributed by atoms with Gasteiger partial charge in [0.15, 0.2) is 11.5 Å². The number of likely N-dealkylation sites (tertiary alicyclic amines) is 1. The fourth-order valence-electron chi connectivity index (χ4n) is 3.47. The highest BCUT2D eigenvalue weighted by Gasteiger charge is 2.30. The first-order valence-corrected chi connectivity index (χ1v) is 9.72. The van der Waals surface area contributed by atoms with Crippen molar-refractivity contribution in [1.29, 1.82) is 0 Å². The van der Waals surface area contributed by atoms with Gasteiger partial charge < -0.3 is 18.8 Å². The first kappa shape index (κ1) is 16.3. The Labute approximate surface area is 159 Å². The predicted octanol–water partition coefficient (Wildman–Crippen LogP) is 3.55. The Bertz CT molecular complexity index is 969. The third-order valence-electron chi connectivity index (χ3n) is 4.85. The average molecular weight is 383 g/mol. The fraction of sp³-hybridized carbons (Fsp3) is 0.316. The van der Waals surface area contributed by atoms with Crippen molar-refractivity contribution in [3.05, 3.63) is 47.2 Å². The Morgan fingerprint density at radius 2 is 2.11 bits per heavy atom. The van der Waals surface area contributed by atoms with Crippen LogP contribution in [0.2, 0.25) is 0 Å². The molecule has 1 saturated heterocycles. The highest BCUT2D eigenvalue weighted by atomic mass is 32.1. The summed E-state index contributed by atoms with van der Waals surface area (Å²) in [7, 11) is 0. The fourth-order valence-corrected chi connectivity index (χ4v) is 4.12. The van der Waals surface area contributed by atoms with Crippen LogP contribution < -0.4 is 9.47 Å². The summed E-state index contributed by atoms with van der Waals surface area (Å²) in [6, 6.07) is 9.22. The summed E-state index contributed by atoms with van der Waals surface area (Å²) in [5.41, 5.74) is 0.602. The Morgan fingerprint density at radius 3 is 3.00 bits per heavy atom. The molecular formula is C19H17N3O4S. The molecule has 0 radical (unpaired) electrons. The van der Waals surface area contributed by atoms with E-state index in [-0.39, 0.29) is 18.6 Å². The lowest BCUT2D eigenvalue weighted by atomic mass is 9.97. The second-order valence-electron chi connectivity index (χ2n) is 6.58. The number of ether oxygens (including phenoxy) is 2. The van der Waals surface area contributed by atoms with Crippen molar-refractivity contribution < 1.29 is 18.7 Å². The zero-order valence-corrected chi connectivity index (χ0v) is 15.3. The summed E-state index contributed by atoms with van der Waals surface area (Å²) < 4.78 is 16.6. The van der Waals surface area contributed by atoms with Crippen LogP contribution in [-0.4, -0.2) is 40.9 Å². The molecule has 0 aliphatic carbocycles. The first-order chi connectivity index (χ1) is 13.3. The van der Waals surface area contributed by atoms with Gasteiger partial charge in [0, 0.05) is 18.7 Å². The van der Waals surface area contributed by atoms with Crippen molar-refractivity contribution in [2.24, 2.45) is 0 Å². The van der Waals surface area contributed by atoms with Gasteiger partial charge in [0.05, 0.1) is 10.8 Å². The number of benzene rings is 1. The van der Waals surface area contributed by atoms with E-state index in [1.54, 1.807) is 29.5 Å². The Morgan fingerprint density at radius 1 is 1.19 bits per heavy atom. The molecule has 2 aliphatic heterocycles. The van der Waals surface area contributed by atoms with E-state index in [1.165, 1.54) is 0 Å². The number of fused-ring (bicyclic) bond motifs is 1. The predicted molar refractivity (Wildman–Crippen MR) is 98.1 cm³/mol. The van der Waals surface area contributed by atoms with Crippen LogP contribution >= 0.6 is 11.3 Å². The van der Waals surface area contributed by atoms with E-state index in [4.69, 9.17) is 13.9 Å². The summed E-state index contributed by atoms with van der Waals surface area (Å²) in [4.78, 5) is 15.7. The van der Waals surface area contributed by atoms with Gasteiger partial charge in [-0.05, 0) is 42.5 Å². The number of amides is 1. The molecule has 0 bridgehead atoms. The normalized spacial score (nSPS) is 18.7. The summed E-state index contributed by atoms with van der Waals surface area (Å²) in [6.45, 7) is 1.48. The zero-order valence-electron chi connectivity index (χ0n) is 14.5. The van der Waals surface area contributed by atoms with E-state index >= 15 is 0 Å². The van der Waals surface area contributed by atoms with Crippen LogP contribution in [0.4, 0.5) is 0 Å². The molecule has 3 aromatic rings. The largest absolute Gasteiger partial charge is 0.454 e. The smallest absolute Gasteiger partial charge is 0.257 e. The maximum Gasteiger partial charge on any atom is 0.257 e. The lowest BCUT2D eigenvalue weighted by Gasteiger charge is -2.31. The van der Waals surface area contributed by atoms with E-state index in [2.05, 4.69) is 10.2 Å². The van der Waals surface area contributed by atoms with E-state index in [0.717, 1.165) is 24.3 Å². The van der Waals surface area contributed by atoms with E-state index < -0.39 is 0 Å². The number of nitrogens with zero attached hydrogens (tertiary/aromatic N) is 3. The molecule has 4 heterocycles. The third kappa shape index (κ3) is 3.06. The molecule has 8 heteroatoms. The molecule has 1 unspecified atom stereocenters. The number of hydrogen-bond donors (Lipinski definition) is 0. The molecule has 5 rings (SSSR count). The number of hydrogen-bond acceptors (Lipinski definition) is 7. The second kappa shape index (κ2) is 6.70. The van der Waals surface area contributed by atoms with Crippen LogP contribution in [0.5, 0.6) is 11.5 Å². The average Bonchev–Trinajstić information content (AvgIpc) is 3.47. The van der Waals surface area contributed by atoms with Gasteiger partial charge in [-0.2, -0.15) is 0 Å². The summed E-state index contributed by atoms with van der Waals surface area (Å²) in [5, 5.41) is 10.4. The van der Waals surface area contributed by atoms with Gasteiger partial charge in [-0.1, -0.05) is 6.07 Å².